The van der Waals surface area contributed by atoms with Gasteiger partial charge in [-0.25, -0.2) is 0 Å². The van der Waals surface area contributed by atoms with E-state index in [2.05, 4.69) is 43.2 Å². The molecule has 2 rings (SSSR count). The number of aromatic nitrogens is 3. The second-order valence-electron chi connectivity index (χ2n) is 6.66. The first-order valence-corrected chi connectivity index (χ1v) is 8.27. The number of carbonyl (C=O) groups is 1. The molecule has 124 valence electrons. The molecule has 0 aliphatic carbocycles. The van der Waals surface area contributed by atoms with Gasteiger partial charge in [0.25, 0.3) is 0 Å². The first-order chi connectivity index (χ1) is 10.5. The standard InChI is InChI=1S/C16H28N4O2/c1-11(2)14-13(6-5-9-22-14)16(21)17-7-8-20-10-18-19-15(20)12(3)4/h10-14H,5-9H2,1-4H3,(H,17,21). The van der Waals surface area contributed by atoms with Crippen molar-refractivity contribution in [1.82, 2.24) is 20.1 Å². The summed E-state index contributed by atoms with van der Waals surface area (Å²) in [5.74, 6) is 1.73. The highest BCUT2D eigenvalue weighted by Crippen LogP contribution is 2.26. The summed E-state index contributed by atoms with van der Waals surface area (Å²) in [5, 5.41) is 11.1. The van der Waals surface area contributed by atoms with Crippen LogP contribution in [-0.2, 0) is 16.1 Å². The molecule has 1 fully saturated rings. The maximum absolute atomic E-state index is 12.4. The molecule has 1 aromatic rings. The molecule has 0 bridgehead atoms. The van der Waals surface area contributed by atoms with Crippen LogP contribution >= 0.6 is 0 Å². The Morgan fingerprint density at radius 2 is 2.23 bits per heavy atom. The highest BCUT2D eigenvalue weighted by molar-refractivity contribution is 5.79. The lowest BCUT2D eigenvalue weighted by molar-refractivity contribution is -0.137. The van der Waals surface area contributed by atoms with Crippen LogP contribution in [0.15, 0.2) is 6.33 Å². The minimum atomic E-state index is -0.0285. The van der Waals surface area contributed by atoms with E-state index in [-0.39, 0.29) is 17.9 Å². The van der Waals surface area contributed by atoms with Gasteiger partial charge in [-0.15, -0.1) is 10.2 Å². The van der Waals surface area contributed by atoms with E-state index in [1.165, 1.54) is 0 Å². The molecule has 2 heterocycles. The second-order valence-corrected chi connectivity index (χ2v) is 6.66. The van der Waals surface area contributed by atoms with Gasteiger partial charge in [-0.1, -0.05) is 27.7 Å². The quantitative estimate of drug-likeness (QED) is 0.872. The Morgan fingerprint density at radius 1 is 1.45 bits per heavy atom. The molecule has 2 unspecified atom stereocenters. The normalized spacial score (nSPS) is 22.3. The third-order valence-corrected chi connectivity index (χ3v) is 4.17. The molecular formula is C16H28N4O2. The largest absolute Gasteiger partial charge is 0.377 e. The van der Waals surface area contributed by atoms with Gasteiger partial charge in [0.2, 0.25) is 5.91 Å². The van der Waals surface area contributed by atoms with Crippen LogP contribution < -0.4 is 5.32 Å². The zero-order chi connectivity index (χ0) is 16.1. The molecule has 6 heteroatoms. The third kappa shape index (κ3) is 4.06. The highest BCUT2D eigenvalue weighted by atomic mass is 16.5. The predicted octanol–water partition coefficient (Wildman–Crippen LogP) is 1.97. The summed E-state index contributed by atoms with van der Waals surface area (Å²) in [5.41, 5.74) is 0. The Kier molecular flexibility index (Phi) is 5.94. The first kappa shape index (κ1) is 16.9. The van der Waals surface area contributed by atoms with Gasteiger partial charge in [0.05, 0.1) is 12.0 Å². The van der Waals surface area contributed by atoms with E-state index in [0.29, 0.717) is 24.9 Å². The van der Waals surface area contributed by atoms with Crippen molar-refractivity contribution in [3.8, 4) is 0 Å². The van der Waals surface area contributed by atoms with E-state index in [4.69, 9.17) is 4.74 Å². The van der Waals surface area contributed by atoms with Crippen LogP contribution in [0.25, 0.3) is 0 Å². The van der Waals surface area contributed by atoms with Crippen molar-refractivity contribution in [2.75, 3.05) is 13.2 Å². The Balaban J connectivity index is 1.85. The molecule has 1 amide bonds. The van der Waals surface area contributed by atoms with Gasteiger partial charge in [-0.05, 0) is 18.8 Å². The third-order valence-electron chi connectivity index (χ3n) is 4.17. The average Bonchev–Trinajstić information content (AvgIpc) is 2.95. The Hall–Kier alpha value is -1.43. The van der Waals surface area contributed by atoms with Crippen molar-refractivity contribution in [1.29, 1.82) is 0 Å². The molecule has 1 aliphatic heterocycles. The van der Waals surface area contributed by atoms with E-state index in [1.54, 1.807) is 6.33 Å². The lowest BCUT2D eigenvalue weighted by Gasteiger charge is -2.33. The van der Waals surface area contributed by atoms with Crippen LogP contribution in [0, 0.1) is 11.8 Å². The summed E-state index contributed by atoms with van der Waals surface area (Å²) in [6.45, 7) is 10.5. The number of carbonyl (C=O) groups excluding carboxylic acids is 1. The van der Waals surface area contributed by atoms with Crippen LogP contribution in [0.4, 0.5) is 0 Å². The fraction of sp³-hybridized carbons (Fsp3) is 0.812. The predicted molar refractivity (Wildman–Crippen MR) is 84.4 cm³/mol. The van der Waals surface area contributed by atoms with Gasteiger partial charge in [0.15, 0.2) is 0 Å². The number of hydrogen-bond donors (Lipinski definition) is 1. The molecule has 1 N–H and O–H groups in total. The molecule has 6 nitrogen and oxygen atoms in total. The van der Waals surface area contributed by atoms with Gasteiger partial charge in [-0.2, -0.15) is 0 Å². The minimum Gasteiger partial charge on any atom is -0.377 e. The lowest BCUT2D eigenvalue weighted by atomic mass is 9.87. The molecule has 22 heavy (non-hydrogen) atoms. The molecule has 2 atom stereocenters. The van der Waals surface area contributed by atoms with Crippen molar-refractivity contribution >= 4 is 5.91 Å². The van der Waals surface area contributed by atoms with E-state index in [0.717, 1.165) is 25.3 Å². The maximum atomic E-state index is 12.4. The number of amides is 1. The van der Waals surface area contributed by atoms with Gasteiger partial charge in [-0.3, -0.25) is 4.79 Å². The molecule has 0 radical (unpaired) electrons. The second kappa shape index (κ2) is 7.72. The highest BCUT2D eigenvalue weighted by Gasteiger charge is 2.33. The van der Waals surface area contributed by atoms with E-state index < -0.39 is 0 Å². The van der Waals surface area contributed by atoms with Crippen LogP contribution in [0.5, 0.6) is 0 Å². The van der Waals surface area contributed by atoms with E-state index in [9.17, 15) is 4.79 Å². The minimum absolute atomic E-state index is 0.0285. The van der Waals surface area contributed by atoms with Gasteiger partial charge in [0.1, 0.15) is 12.2 Å². The van der Waals surface area contributed by atoms with Crippen LogP contribution in [-0.4, -0.2) is 39.9 Å². The molecule has 0 saturated carbocycles. The van der Waals surface area contributed by atoms with Gasteiger partial charge in [0, 0.05) is 25.6 Å². The van der Waals surface area contributed by atoms with Gasteiger partial charge >= 0.3 is 0 Å². The van der Waals surface area contributed by atoms with Gasteiger partial charge < -0.3 is 14.6 Å². The number of rotatable bonds is 6. The summed E-state index contributed by atoms with van der Waals surface area (Å²) in [7, 11) is 0. The first-order valence-electron chi connectivity index (χ1n) is 8.27. The molecule has 1 aromatic heterocycles. The van der Waals surface area contributed by atoms with Crippen molar-refractivity contribution in [2.45, 2.75) is 59.1 Å². The number of nitrogens with one attached hydrogen (secondary N) is 1. The van der Waals surface area contributed by atoms with E-state index in [1.807, 2.05) is 4.57 Å². The van der Waals surface area contributed by atoms with Crippen LogP contribution in [0.3, 0.4) is 0 Å². The monoisotopic (exact) mass is 308 g/mol. The maximum Gasteiger partial charge on any atom is 0.225 e. The molecule has 0 spiro atoms. The molecular weight excluding hydrogens is 280 g/mol. The topological polar surface area (TPSA) is 69.0 Å². The van der Waals surface area contributed by atoms with Crippen LogP contribution in [0.2, 0.25) is 0 Å². The summed E-state index contributed by atoms with van der Waals surface area (Å²) < 4.78 is 7.79. The summed E-state index contributed by atoms with van der Waals surface area (Å²) >= 11 is 0. The number of ether oxygens (including phenoxy) is 1. The average molecular weight is 308 g/mol. The Bertz CT molecular complexity index is 484. The zero-order valence-electron chi connectivity index (χ0n) is 14.1. The number of hydrogen-bond acceptors (Lipinski definition) is 4. The summed E-state index contributed by atoms with van der Waals surface area (Å²) in [4.78, 5) is 12.4. The van der Waals surface area contributed by atoms with Crippen molar-refractivity contribution in [3.05, 3.63) is 12.2 Å². The Labute approximate surface area is 132 Å². The zero-order valence-corrected chi connectivity index (χ0v) is 14.1. The van der Waals surface area contributed by atoms with Crippen molar-refractivity contribution in [3.63, 3.8) is 0 Å². The smallest absolute Gasteiger partial charge is 0.225 e. The SMILES string of the molecule is CC(C)c1nncn1CCNC(=O)C1CCCOC1C(C)C. The van der Waals surface area contributed by atoms with Crippen molar-refractivity contribution in [2.24, 2.45) is 11.8 Å². The summed E-state index contributed by atoms with van der Waals surface area (Å²) in [6.07, 6.45) is 3.64. The fourth-order valence-corrected chi connectivity index (χ4v) is 3.05. The molecule has 1 saturated heterocycles. The lowest BCUT2D eigenvalue weighted by Crippen LogP contribution is -2.44. The van der Waals surface area contributed by atoms with Crippen LogP contribution in [0.1, 0.15) is 52.3 Å². The fourth-order valence-electron chi connectivity index (χ4n) is 3.05. The molecule has 0 aromatic carbocycles. The van der Waals surface area contributed by atoms with E-state index >= 15 is 0 Å². The Morgan fingerprint density at radius 3 is 2.91 bits per heavy atom. The van der Waals surface area contributed by atoms with Crippen molar-refractivity contribution < 1.29 is 9.53 Å². The number of nitrogens with zero attached hydrogens (tertiary/aromatic N) is 3. The molecule has 1 aliphatic rings. The summed E-state index contributed by atoms with van der Waals surface area (Å²) in [6, 6.07) is 0.